The van der Waals surface area contributed by atoms with Crippen LogP contribution in [0.3, 0.4) is 0 Å². The molecule has 2 saturated heterocycles. The van der Waals surface area contributed by atoms with Gasteiger partial charge in [0.15, 0.2) is 17.9 Å². The van der Waals surface area contributed by atoms with Gasteiger partial charge in [0.2, 0.25) is 0 Å². The molecule has 17 heteroatoms. The zero-order valence-corrected chi connectivity index (χ0v) is 53.2. The van der Waals surface area contributed by atoms with Gasteiger partial charge in [0.25, 0.3) is 0 Å². The van der Waals surface area contributed by atoms with E-state index in [-0.39, 0.29) is 18.0 Å². The van der Waals surface area contributed by atoms with Crippen LogP contribution < -0.4 is 0 Å². The summed E-state index contributed by atoms with van der Waals surface area (Å²) in [6, 6.07) is 9.92. The predicted molar refractivity (Wildman–Crippen MR) is 307 cm³/mol. The number of aldehydes is 1. The van der Waals surface area contributed by atoms with Crippen LogP contribution in [0.25, 0.3) is 0 Å². The van der Waals surface area contributed by atoms with Gasteiger partial charge in [0, 0.05) is 22.6 Å². The number of hydrogen-bond donors (Lipinski definition) is 1. The smallest absolute Gasteiger partial charge is 0.392 e. The molecule has 0 spiro atoms. The van der Waals surface area contributed by atoms with Crippen LogP contribution in [-0.4, -0.2) is 101 Å². The molecule has 2 heterocycles. The van der Waals surface area contributed by atoms with Crippen LogP contribution in [0.2, 0.25) is 51.4 Å². The molecule has 0 radical (unpaired) electrons. The van der Waals surface area contributed by atoms with E-state index < -0.39 is 70.7 Å². The number of carbonyl (C=O) groups is 3. The standard InChI is InChI=1S/C29H43F3O5Si.C23H36O5Si.C6H10Br2/c1-19-17-20(2)25(27(34)35-15-16-38(6,7)8)22(18-19)12-10-14-24-26(37-28(4,5)36-24)23(33)13-9-11-21(3)29(30,31)32;1-16-13-17(2)21(22(25)26-11-12-29(5,6)7)18(14-16)9-8-10-19-20(15-24)28-23(3,4)27-19;1-5(2)3-4-6(7)8/h17-18,21,23-24,26,33H,10-12,14-16H2,1-8H3;13-15,19-20H,8-12H2,1-7H3;4-5H,3H2,1-2H3/t21-,23?,24+,26-;19-,20+;/m10./s1. The molecule has 424 valence electrons. The summed E-state index contributed by atoms with van der Waals surface area (Å²) in [5.41, 5.74) is 7.18. The first-order chi connectivity index (χ1) is 34.4. The Labute approximate surface area is 467 Å². The summed E-state index contributed by atoms with van der Waals surface area (Å²) in [6.07, 6.45) is -0.0212. The van der Waals surface area contributed by atoms with Crippen LogP contribution in [0.1, 0.15) is 141 Å². The number of aryl methyl sites for hydroxylation is 6. The quantitative estimate of drug-likeness (QED) is 0.0559. The molecule has 2 aromatic carbocycles. The van der Waals surface area contributed by atoms with Gasteiger partial charge in [0.05, 0.1) is 45.9 Å². The fraction of sp³-hybridized carbons (Fsp3) is 0.672. The van der Waals surface area contributed by atoms with E-state index in [4.69, 9.17) is 28.4 Å². The van der Waals surface area contributed by atoms with Crippen molar-refractivity contribution in [1.29, 1.82) is 0 Å². The Hall–Kier alpha value is -2.67. The molecule has 2 aliphatic rings. The Morgan fingerprint density at radius 1 is 0.747 bits per heavy atom. The lowest BCUT2D eigenvalue weighted by atomic mass is 9.93. The van der Waals surface area contributed by atoms with Crippen LogP contribution in [-0.2, 0) is 46.1 Å². The van der Waals surface area contributed by atoms with Gasteiger partial charge in [-0.3, -0.25) is 0 Å². The number of rotatable bonds is 21. The van der Waals surface area contributed by atoms with Crippen molar-refractivity contribution >= 4 is 66.2 Å². The van der Waals surface area contributed by atoms with Gasteiger partial charge in [-0.25, -0.2) is 9.59 Å². The lowest BCUT2D eigenvalue weighted by Crippen LogP contribution is -2.34. The van der Waals surface area contributed by atoms with Crippen LogP contribution in [0.15, 0.2) is 33.7 Å². The van der Waals surface area contributed by atoms with Gasteiger partial charge in [-0.2, -0.15) is 13.2 Å². The maximum atomic E-state index is 13.0. The van der Waals surface area contributed by atoms with Gasteiger partial charge in [0.1, 0.15) is 18.3 Å². The summed E-state index contributed by atoms with van der Waals surface area (Å²) in [5, 5.41) is 10.6. The summed E-state index contributed by atoms with van der Waals surface area (Å²) in [5.74, 6) is 1.90. The van der Waals surface area contributed by atoms with Crippen LogP contribution in [0.4, 0.5) is 13.2 Å². The minimum Gasteiger partial charge on any atom is -0.462 e. The highest BCUT2D eigenvalue weighted by atomic mass is 79.9. The van der Waals surface area contributed by atoms with Crippen molar-refractivity contribution in [2.75, 3.05) is 13.2 Å². The lowest BCUT2D eigenvalue weighted by Gasteiger charge is -2.20. The number of aliphatic hydroxyl groups is 1. The second-order valence-electron chi connectivity index (χ2n) is 23.9. The van der Waals surface area contributed by atoms with E-state index in [1.807, 2.05) is 59.7 Å². The number of allylic oxidation sites excluding steroid dienone is 1. The first-order valence-electron chi connectivity index (χ1n) is 26.4. The molecule has 0 bridgehead atoms. The molecular formula is C58H89Br2F3O10Si2. The van der Waals surface area contributed by atoms with E-state index in [2.05, 4.69) is 109 Å². The highest BCUT2D eigenvalue weighted by molar-refractivity contribution is 9.28. The maximum Gasteiger partial charge on any atom is 0.392 e. The van der Waals surface area contributed by atoms with Gasteiger partial charge in [-0.05, 0) is 172 Å². The van der Waals surface area contributed by atoms with E-state index in [0.29, 0.717) is 50.0 Å². The normalized spacial score (nSPS) is 19.8. The molecule has 0 aromatic heterocycles. The third-order valence-corrected chi connectivity index (χ3v) is 16.5. The fourth-order valence-corrected chi connectivity index (χ4v) is 10.3. The Kier molecular flexibility index (Phi) is 28.0. The van der Waals surface area contributed by atoms with Crippen LogP contribution >= 0.6 is 31.9 Å². The molecule has 10 nitrogen and oxygen atoms in total. The predicted octanol–water partition coefficient (Wildman–Crippen LogP) is 15.1. The molecule has 1 unspecified atom stereocenters. The molecule has 2 aromatic rings. The molecule has 2 aliphatic heterocycles. The third kappa shape index (κ3) is 26.2. The second kappa shape index (κ2) is 30.6. The molecular weight excluding hydrogens is 1130 g/mol. The van der Waals surface area contributed by atoms with Crippen molar-refractivity contribution in [3.8, 4) is 11.8 Å². The van der Waals surface area contributed by atoms with Crippen LogP contribution in [0.5, 0.6) is 0 Å². The van der Waals surface area contributed by atoms with Gasteiger partial charge in [-0.1, -0.05) is 113 Å². The number of esters is 2. The number of aliphatic hydroxyl groups excluding tert-OH is 1. The molecule has 0 amide bonds. The van der Waals surface area contributed by atoms with E-state index >= 15 is 0 Å². The molecule has 6 atom stereocenters. The van der Waals surface area contributed by atoms with Gasteiger partial charge >= 0.3 is 18.1 Å². The lowest BCUT2D eigenvalue weighted by molar-refractivity contribution is -0.168. The Morgan fingerprint density at radius 3 is 1.59 bits per heavy atom. The van der Waals surface area contributed by atoms with Crippen molar-refractivity contribution in [3.05, 3.63) is 78.2 Å². The SMILES string of the molecule is CC(C)CC=C(Br)Br.Cc1cc(C)c(C(=O)OCC[Si](C)(C)C)c(CCC[C@@H]2OC(C)(C)O[C@@H]2C(O)C#CC[C@@H](C)C(F)(F)F)c1.Cc1cc(C)c(C(=O)OCC[Si](C)(C)C)c(CCC[C@@H]2OC(C)(C)O[C@@H]2C=O)c1. The van der Waals surface area contributed by atoms with Crippen molar-refractivity contribution in [1.82, 2.24) is 0 Å². The largest absolute Gasteiger partial charge is 0.462 e. The van der Waals surface area contributed by atoms with Crippen molar-refractivity contribution in [2.24, 2.45) is 11.8 Å². The molecule has 1 N–H and O–H groups in total. The number of ether oxygens (including phenoxy) is 6. The monoisotopic (exact) mass is 1220 g/mol. The first-order valence-corrected chi connectivity index (χ1v) is 35.4. The minimum atomic E-state index is -4.33. The number of hydrogen-bond acceptors (Lipinski definition) is 10. The fourth-order valence-electron chi connectivity index (χ4n) is 8.52. The zero-order valence-electron chi connectivity index (χ0n) is 48.0. The summed E-state index contributed by atoms with van der Waals surface area (Å²) in [4.78, 5) is 37.0. The number of carbonyl (C=O) groups excluding carboxylic acids is 3. The number of benzene rings is 2. The maximum absolute atomic E-state index is 13.0. The van der Waals surface area contributed by atoms with E-state index in [1.165, 1.54) is 0 Å². The average molecular weight is 1220 g/mol. The molecule has 4 rings (SSSR count). The zero-order chi connectivity index (χ0) is 57.3. The summed E-state index contributed by atoms with van der Waals surface area (Å²) < 4.78 is 73.9. The van der Waals surface area contributed by atoms with E-state index in [1.54, 1.807) is 13.8 Å². The Balaban J connectivity index is 0.000000459. The van der Waals surface area contributed by atoms with Crippen molar-refractivity contribution in [3.63, 3.8) is 0 Å². The summed E-state index contributed by atoms with van der Waals surface area (Å²) >= 11 is 6.56. The summed E-state index contributed by atoms with van der Waals surface area (Å²) in [6.45, 7) is 34.8. The second-order valence-corrected chi connectivity index (χ2v) is 37.9. The summed E-state index contributed by atoms with van der Waals surface area (Å²) in [7, 11) is -2.58. The minimum absolute atomic E-state index is 0.233. The highest BCUT2D eigenvalue weighted by Crippen LogP contribution is 2.34. The highest BCUT2D eigenvalue weighted by Gasteiger charge is 2.44. The Bertz CT molecular complexity index is 2260. The molecule has 0 saturated carbocycles. The van der Waals surface area contributed by atoms with Crippen molar-refractivity contribution < 1.29 is 61.1 Å². The molecule has 0 aliphatic carbocycles. The van der Waals surface area contributed by atoms with Crippen molar-refractivity contribution in [2.45, 2.75) is 227 Å². The number of alkyl halides is 3. The number of halogens is 5. The van der Waals surface area contributed by atoms with Gasteiger partial charge < -0.3 is 38.3 Å². The average Bonchev–Trinajstić information content (AvgIpc) is 3.73. The first kappa shape index (κ1) is 68.4. The van der Waals surface area contributed by atoms with E-state index in [9.17, 15) is 32.7 Å². The third-order valence-electron chi connectivity index (χ3n) is 12.4. The topological polar surface area (TPSA) is 127 Å². The Morgan fingerprint density at radius 2 is 1.19 bits per heavy atom. The van der Waals surface area contributed by atoms with Crippen LogP contribution in [0, 0.1) is 51.4 Å². The molecule has 2 fully saturated rings. The van der Waals surface area contributed by atoms with Gasteiger partial charge in [-0.15, -0.1) is 0 Å². The van der Waals surface area contributed by atoms with E-state index in [0.717, 1.165) is 87.3 Å². The molecule has 75 heavy (non-hydrogen) atoms.